The molecule has 0 bridgehead atoms. The van der Waals surface area contributed by atoms with Crippen molar-refractivity contribution in [2.75, 3.05) is 7.11 Å². The molecular formula is C26H16O2S2. The third-order valence-electron chi connectivity index (χ3n) is 5.62. The Kier molecular flexibility index (Phi) is 4.05. The topological polar surface area (TPSA) is 26.3 Å². The summed E-state index contributed by atoms with van der Waals surface area (Å²) in [5.41, 5.74) is 1.81. The van der Waals surface area contributed by atoms with Gasteiger partial charge in [0.05, 0.1) is 16.9 Å². The fourth-order valence-corrected chi connectivity index (χ4v) is 6.63. The van der Waals surface area contributed by atoms with Gasteiger partial charge in [0.15, 0.2) is 0 Å². The molecule has 6 rings (SSSR count). The lowest BCUT2D eigenvalue weighted by molar-refractivity contribution is 0.0600. The number of carbonyl (C=O) groups excluding carboxylic acids is 1. The van der Waals surface area contributed by atoms with Crippen LogP contribution in [-0.2, 0) is 4.74 Å². The van der Waals surface area contributed by atoms with Gasteiger partial charge >= 0.3 is 5.97 Å². The lowest BCUT2D eigenvalue weighted by atomic mass is 9.92. The van der Waals surface area contributed by atoms with Crippen molar-refractivity contribution in [1.29, 1.82) is 0 Å². The molecule has 0 aromatic heterocycles. The van der Waals surface area contributed by atoms with Gasteiger partial charge in [-0.2, -0.15) is 0 Å². The van der Waals surface area contributed by atoms with Crippen molar-refractivity contribution in [2.45, 2.75) is 9.79 Å². The van der Waals surface area contributed by atoms with E-state index in [2.05, 4.69) is 60.7 Å². The Morgan fingerprint density at radius 2 is 1.50 bits per heavy atom. The van der Waals surface area contributed by atoms with E-state index in [-0.39, 0.29) is 5.97 Å². The predicted molar refractivity (Wildman–Crippen MR) is 128 cm³/mol. The molecule has 1 aliphatic heterocycles. The van der Waals surface area contributed by atoms with Crippen molar-refractivity contribution in [2.24, 2.45) is 0 Å². The Morgan fingerprint density at radius 1 is 0.800 bits per heavy atom. The van der Waals surface area contributed by atoms with Crippen molar-refractivity contribution >= 4 is 67.9 Å². The molecule has 0 saturated heterocycles. The van der Waals surface area contributed by atoms with Gasteiger partial charge < -0.3 is 4.74 Å². The molecule has 30 heavy (non-hydrogen) atoms. The molecule has 0 saturated carbocycles. The third-order valence-corrected chi connectivity index (χ3v) is 8.02. The number of hydrogen-bond donors (Lipinski definition) is 0. The summed E-state index contributed by atoms with van der Waals surface area (Å²) in [6.07, 6.45) is 2.26. The highest BCUT2D eigenvalue weighted by molar-refractivity contribution is 8.24. The van der Waals surface area contributed by atoms with Crippen LogP contribution in [0.25, 0.3) is 38.4 Å². The molecule has 4 heteroatoms. The summed E-state index contributed by atoms with van der Waals surface area (Å²) >= 11 is 3.46. The van der Waals surface area contributed by atoms with Gasteiger partial charge in [-0.3, -0.25) is 0 Å². The first kappa shape index (κ1) is 17.9. The number of benzene rings is 5. The Labute approximate surface area is 182 Å². The van der Waals surface area contributed by atoms with Crippen molar-refractivity contribution in [1.82, 2.24) is 0 Å². The Balaban J connectivity index is 1.47. The molecule has 2 nitrogen and oxygen atoms in total. The molecule has 0 fully saturated rings. The maximum Gasteiger partial charge on any atom is 0.337 e. The molecule has 0 radical (unpaired) electrons. The van der Waals surface area contributed by atoms with Crippen LogP contribution in [0.2, 0.25) is 0 Å². The second kappa shape index (κ2) is 6.79. The molecule has 0 N–H and O–H groups in total. The van der Waals surface area contributed by atoms with Crippen LogP contribution < -0.4 is 0 Å². The van der Waals surface area contributed by atoms with Crippen molar-refractivity contribution < 1.29 is 9.53 Å². The summed E-state index contributed by atoms with van der Waals surface area (Å²) in [4.78, 5) is 14.1. The molecule has 0 spiro atoms. The number of carbonyl (C=O) groups is 1. The van der Waals surface area contributed by atoms with E-state index in [0.717, 1.165) is 4.90 Å². The molecule has 0 unspecified atom stereocenters. The summed E-state index contributed by atoms with van der Waals surface area (Å²) in [6.45, 7) is 0. The third kappa shape index (κ3) is 2.72. The SMILES string of the molecule is COC(=O)c1ccc2c(c1)SC(=Cc1ccc3ccc4cccc5ccc1c3c45)S2. The van der Waals surface area contributed by atoms with Crippen LogP contribution in [0.1, 0.15) is 15.9 Å². The van der Waals surface area contributed by atoms with E-state index in [1.165, 1.54) is 54.1 Å². The number of thioether (sulfide) groups is 2. The largest absolute Gasteiger partial charge is 0.465 e. The number of hydrogen-bond acceptors (Lipinski definition) is 4. The number of esters is 1. The summed E-state index contributed by atoms with van der Waals surface area (Å²) in [5.74, 6) is -0.299. The monoisotopic (exact) mass is 424 g/mol. The maximum atomic E-state index is 11.8. The van der Waals surface area contributed by atoms with Gasteiger partial charge in [-0.05, 0) is 62.2 Å². The highest BCUT2D eigenvalue weighted by Gasteiger charge is 2.20. The Bertz CT molecular complexity index is 1480. The standard InChI is InChI=1S/C26H16O2S2/c1-28-26(27)19-10-12-21-22(13-19)30-23(29-21)14-18-8-7-17-6-5-15-3-2-4-16-9-11-20(18)25(17)24(15)16/h2-14H,1H3. The first-order chi connectivity index (χ1) is 14.7. The van der Waals surface area contributed by atoms with E-state index < -0.39 is 0 Å². The normalized spacial score (nSPS) is 14.8. The number of fused-ring (bicyclic) bond motifs is 1. The van der Waals surface area contributed by atoms with Crippen molar-refractivity contribution in [3.63, 3.8) is 0 Å². The van der Waals surface area contributed by atoms with E-state index in [1.54, 1.807) is 23.5 Å². The Hall–Kier alpha value is -2.95. The minimum atomic E-state index is -0.299. The van der Waals surface area contributed by atoms with Gasteiger partial charge in [0.2, 0.25) is 0 Å². The van der Waals surface area contributed by atoms with Crippen LogP contribution >= 0.6 is 23.5 Å². The summed E-state index contributed by atoms with van der Waals surface area (Å²) in [7, 11) is 1.41. The summed E-state index contributed by atoms with van der Waals surface area (Å²) in [6, 6.07) is 25.6. The Morgan fingerprint density at radius 3 is 2.30 bits per heavy atom. The van der Waals surface area contributed by atoms with E-state index in [9.17, 15) is 4.79 Å². The maximum absolute atomic E-state index is 11.8. The minimum absolute atomic E-state index is 0.299. The highest BCUT2D eigenvalue weighted by atomic mass is 32.2. The number of rotatable bonds is 2. The van der Waals surface area contributed by atoms with Crippen LogP contribution in [0.15, 0.2) is 86.8 Å². The van der Waals surface area contributed by atoms with Gasteiger partial charge in [-0.25, -0.2) is 4.79 Å². The molecule has 0 aliphatic carbocycles. The second-order valence-electron chi connectivity index (χ2n) is 7.33. The quantitative estimate of drug-likeness (QED) is 0.216. The van der Waals surface area contributed by atoms with Crippen LogP contribution in [0, 0.1) is 0 Å². The zero-order chi connectivity index (χ0) is 20.2. The molecule has 1 aliphatic rings. The second-order valence-corrected chi connectivity index (χ2v) is 9.76. The summed E-state index contributed by atoms with van der Waals surface area (Å²) in [5, 5.41) is 7.78. The average Bonchev–Trinajstić information content (AvgIpc) is 3.19. The summed E-state index contributed by atoms with van der Waals surface area (Å²) < 4.78 is 6.06. The zero-order valence-electron chi connectivity index (χ0n) is 16.1. The lowest BCUT2D eigenvalue weighted by Crippen LogP contribution is -2.00. The number of methoxy groups -OCH3 is 1. The fourth-order valence-electron chi connectivity index (χ4n) is 4.22. The first-order valence-electron chi connectivity index (χ1n) is 9.67. The lowest BCUT2D eigenvalue weighted by Gasteiger charge is -2.12. The van der Waals surface area contributed by atoms with E-state index >= 15 is 0 Å². The zero-order valence-corrected chi connectivity index (χ0v) is 17.8. The van der Waals surface area contributed by atoms with Crippen LogP contribution in [0.3, 0.4) is 0 Å². The molecule has 1 heterocycles. The average molecular weight is 425 g/mol. The van der Waals surface area contributed by atoms with Crippen LogP contribution in [0.4, 0.5) is 0 Å². The van der Waals surface area contributed by atoms with Gasteiger partial charge in [-0.1, -0.05) is 78.1 Å². The number of ether oxygens (including phenoxy) is 1. The molecule has 144 valence electrons. The first-order valence-corrected chi connectivity index (χ1v) is 11.3. The molecule has 0 atom stereocenters. The van der Waals surface area contributed by atoms with E-state index in [1.807, 2.05) is 18.2 Å². The van der Waals surface area contributed by atoms with Gasteiger partial charge in [0, 0.05) is 9.79 Å². The highest BCUT2D eigenvalue weighted by Crippen LogP contribution is 2.52. The van der Waals surface area contributed by atoms with Gasteiger partial charge in [0.1, 0.15) is 0 Å². The van der Waals surface area contributed by atoms with Gasteiger partial charge in [0.25, 0.3) is 0 Å². The van der Waals surface area contributed by atoms with E-state index in [0.29, 0.717) is 5.56 Å². The predicted octanol–water partition coefficient (Wildman–Crippen LogP) is 7.57. The molecule has 5 aromatic carbocycles. The van der Waals surface area contributed by atoms with Crippen LogP contribution in [-0.4, -0.2) is 13.1 Å². The van der Waals surface area contributed by atoms with Crippen molar-refractivity contribution in [3.05, 3.63) is 88.2 Å². The van der Waals surface area contributed by atoms with E-state index in [4.69, 9.17) is 4.74 Å². The van der Waals surface area contributed by atoms with Crippen molar-refractivity contribution in [3.8, 4) is 0 Å². The minimum Gasteiger partial charge on any atom is -0.465 e. The molecule has 5 aromatic rings. The smallest absolute Gasteiger partial charge is 0.337 e. The van der Waals surface area contributed by atoms with Crippen LogP contribution in [0.5, 0.6) is 0 Å². The van der Waals surface area contributed by atoms with Gasteiger partial charge in [-0.15, -0.1) is 0 Å². The fraction of sp³-hybridized carbons (Fsp3) is 0.0385. The molecular weight excluding hydrogens is 408 g/mol. The molecule has 0 amide bonds.